The maximum absolute atomic E-state index is 13.1. The number of rotatable bonds is 7. The molecule has 0 aliphatic carbocycles. The summed E-state index contributed by atoms with van der Waals surface area (Å²) in [7, 11) is 1.50. The average molecular weight is 433 g/mol. The monoisotopic (exact) mass is 432 g/mol. The van der Waals surface area contributed by atoms with Gasteiger partial charge in [0.25, 0.3) is 5.91 Å². The lowest BCUT2D eigenvalue weighted by molar-refractivity contribution is -0.123. The van der Waals surface area contributed by atoms with Crippen molar-refractivity contribution in [2.45, 2.75) is 32.9 Å². The lowest BCUT2D eigenvalue weighted by atomic mass is 10.1. The first-order valence-corrected chi connectivity index (χ1v) is 9.83. The Morgan fingerprint density at radius 3 is 2.57 bits per heavy atom. The molecule has 3 amide bonds. The molecule has 2 aromatic carbocycles. The largest absolute Gasteiger partial charge is 0.493 e. The first kappa shape index (κ1) is 21.6. The molecule has 0 radical (unpaired) electrons. The molecule has 8 heteroatoms. The predicted molar refractivity (Wildman–Crippen MR) is 112 cm³/mol. The average Bonchev–Trinajstić information content (AvgIpc) is 2.98. The Hall–Kier alpha value is -3.06. The van der Waals surface area contributed by atoms with Gasteiger partial charge in [-0.05, 0) is 54.8 Å². The van der Waals surface area contributed by atoms with Gasteiger partial charge in [0.2, 0.25) is 0 Å². The van der Waals surface area contributed by atoms with Crippen LogP contribution in [0.2, 0.25) is 5.02 Å². The van der Waals surface area contributed by atoms with Crippen molar-refractivity contribution < 1.29 is 23.5 Å². The highest BCUT2D eigenvalue weighted by molar-refractivity contribution is 6.32. The summed E-state index contributed by atoms with van der Waals surface area (Å²) in [5.41, 5.74) is 1.31. The van der Waals surface area contributed by atoms with Gasteiger partial charge in [0.1, 0.15) is 11.5 Å². The summed E-state index contributed by atoms with van der Waals surface area (Å²) >= 11 is 6.37. The number of halogens is 2. The third kappa shape index (κ3) is 4.74. The van der Waals surface area contributed by atoms with E-state index in [1.807, 2.05) is 13.8 Å². The fraction of sp³-hybridized carbons (Fsp3) is 0.273. The minimum atomic E-state index is -0.551. The lowest BCUT2D eigenvalue weighted by Gasteiger charge is -2.17. The highest BCUT2D eigenvalue weighted by Gasteiger charge is 2.33. The number of carbonyl (C=O) groups excluding carboxylic acids is 2. The van der Waals surface area contributed by atoms with E-state index in [0.717, 1.165) is 11.3 Å². The molecule has 0 aromatic heterocycles. The summed E-state index contributed by atoms with van der Waals surface area (Å²) in [6.07, 6.45) is 2.28. The Bertz CT molecular complexity index is 991. The number of hydrogen-bond acceptors (Lipinski definition) is 4. The normalized spacial score (nSPS) is 16.0. The summed E-state index contributed by atoms with van der Waals surface area (Å²) < 4.78 is 24.3. The number of nitrogens with zero attached hydrogens (tertiary/aromatic N) is 1. The van der Waals surface area contributed by atoms with Crippen LogP contribution in [0.5, 0.6) is 11.5 Å². The smallest absolute Gasteiger partial charge is 0.329 e. The molecule has 0 saturated carbocycles. The summed E-state index contributed by atoms with van der Waals surface area (Å²) in [6, 6.07) is 8.38. The molecule has 30 heavy (non-hydrogen) atoms. The number of hydrogen-bond donors (Lipinski definition) is 1. The van der Waals surface area contributed by atoms with Gasteiger partial charge in [-0.1, -0.05) is 30.7 Å². The molecule has 2 aromatic rings. The number of nitrogens with one attached hydrogen (secondary N) is 1. The predicted octanol–water partition coefficient (Wildman–Crippen LogP) is 4.76. The third-order valence-corrected chi connectivity index (χ3v) is 4.95. The van der Waals surface area contributed by atoms with E-state index in [1.165, 1.54) is 37.5 Å². The maximum Gasteiger partial charge on any atom is 0.329 e. The maximum atomic E-state index is 13.1. The first-order valence-electron chi connectivity index (χ1n) is 9.45. The highest BCUT2D eigenvalue weighted by Crippen LogP contribution is 2.38. The SMILES string of the molecule is CCC(C)Oc1c(Cl)cc(/C=C2\NC(=O)N(Cc3ccc(F)cc3)C2=O)cc1OC. The van der Waals surface area contributed by atoms with Crippen LogP contribution in [-0.2, 0) is 11.3 Å². The van der Waals surface area contributed by atoms with Crippen molar-refractivity contribution in [1.82, 2.24) is 10.2 Å². The van der Waals surface area contributed by atoms with E-state index in [0.29, 0.717) is 27.6 Å². The van der Waals surface area contributed by atoms with Crippen LogP contribution in [0.4, 0.5) is 9.18 Å². The van der Waals surface area contributed by atoms with Gasteiger partial charge in [-0.25, -0.2) is 9.18 Å². The topological polar surface area (TPSA) is 67.9 Å². The number of methoxy groups -OCH3 is 1. The molecule has 1 fully saturated rings. The Labute approximate surface area is 179 Å². The zero-order valence-electron chi connectivity index (χ0n) is 16.9. The van der Waals surface area contributed by atoms with Gasteiger partial charge in [0.15, 0.2) is 11.5 Å². The van der Waals surface area contributed by atoms with Gasteiger partial charge >= 0.3 is 6.03 Å². The van der Waals surface area contributed by atoms with E-state index in [-0.39, 0.29) is 24.2 Å². The van der Waals surface area contributed by atoms with Crippen LogP contribution in [0.3, 0.4) is 0 Å². The molecular formula is C22H22ClFN2O4. The quantitative estimate of drug-likeness (QED) is 0.506. The van der Waals surface area contributed by atoms with Crippen LogP contribution >= 0.6 is 11.6 Å². The Kier molecular flexibility index (Phi) is 6.62. The van der Waals surface area contributed by atoms with Crippen LogP contribution < -0.4 is 14.8 Å². The molecule has 1 heterocycles. The van der Waals surface area contributed by atoms with Gasteiger partial charge < -0.3 is 14.8 Å². The van der Waals surface area contributed by atoms with E-state index in [4.69, 9.17) is 21.1 Å². The first-order chi connectivity index (χ1) is 14.3. The number of carbonyl (C=O) groups is 2. The Balaban J connectivity index is 1.84. The van der Waals surface area contributed by atoms with Crippen molar-refractivity contribution in [3.63, 3.8) is 0 Å². The van der Waals surface area contributed by atoms with E-state index >= 15 is 0 Å². The van der Waals surface area contributed by atoms with E-state index < -0.39 is 11.9 Å². The number of imide groups is 1. The molecule has 1 N–H and O–H groups in total. The van der Waals surface area contributed by atoms with Crippen molar-refractivity contribution >= 4 is 29.6 Å². The molecule has 6 nitrogen and oxygen atoms in total. The third-order valence-electron chi connectivity index (χ3n) is 4.67. The van der Waals surface area contributed by atoms with Gasteiger partial charge in [-0.15, -0.1) is 0 Å². The minimum absolute atomic E-state index is 0.0358. The molecule has 3 rings (SSSR count). The molecule has 158 valence electrons. The van der Waals surface area contributed by atoms with Crippen molar-refractivity contribution in [3.05, 3.63) is 64.1 Å². The number of ether oxygens (including phenoxy) is 2. The van der Waals surface area contributed by atoms with Crippen molar-refractivity contribution in [2.75, 3.05) is 7.11 Å². The van der Waals surface area contributed by atoms with Gasteiger partial charge in [-0.3, -0.25) is 9.69 Å². The fourth-order valence-electron chi connectivity index (χ4n) is 2.88. The Morgan fingerprint density at radius 1 is 1.23 bits per heavy atom. The standard InChI is InChI=1S/C22H22ClFN2O4/c1-4-13(2)30-20-17(23)9-15(11-19(20)29-3)10-18-21(27)26(22(28)25-18)12-14-5-7-16(24)8-6-14/h5-11,13H,4,12H2,1-3H3,(H,25,28)/b18-10-. The molecule has 1 aliphatic rings. The van der Waals surface area contributed by atoms with Crippen LogP contribution in [0.15, 0.2) is 42.1 Å². The van der Waals surface area contributed by atoms with Crippen LogP contribution in [0.25, 0.3) is 6.08 Å². The highest BCUT2D eigenvalue weighted by atomic mass is 35.5. The number of urea groups is 1. The van der Waals surface area contributed by atoms with Crippen LogP contribution in [-0.4, -0.2) is 30.1 Å². The molecule has 0 spiro atoms. The van der Waals surface area contributed by atoms with Crippen molar-refractivity contribution in [1.29, 1.82) is 0 Å². The molecular weight excluding hydrogens is 411 g/mol. The molecule has 1 atom stereocenters. The van der Waals surface area contributed by atoms with E-state index in [2.05, 4.69) is 5.32 Å². The van der Waals surface area contributed by atoms with Gasteiger partial charge in [0, 0.05) is 0 Å². The van der Waals surface area contributed by atoms with Crippen LogP contribution in [0.1, 0.15) is 31.4 Å². The second-order valence-corrected chi connectivity index (χ2v) is 7.28. The summed E-state index contributed by atoms with van der Waals surface area (Å²) in [5, 5.41) is 2.89. The number of amides is 3. The van der Waals surface area contributed by atoms with Gasteiger partial charge in [-0.2, -0.15) is 0 Å². The van der Waals surface area contributed by atoms with Crippen LogP contribution in [0, 0.1) is 5.82 Å². The molecule has 1 unspecified atom stereocenters. The fourth-order valence-corrected chi connectivity index (χ4v) is 3.14. The summed E-state index contributed by atoms with van der Waals surface area (Å²) in [4.78, 5) is 26.0. The zero-order valence-corrected chi connectivity index (χ0v) is 17.6. The molecule has 1 saturated heterocycles. The minimum Gasteiger partial charge on any atom is -0.493 e. The Morgan fingerprint density at radius 2 is 1.93 bits per heavy atom. The molecule has 1 aliphatic heterocycles. The molecule has 0 bridgehead atoms. The second kappa shape index (κ2) is 9.17. The van der Waals surface area contributed by atoms with Crippen molar-refractivity contribution in [2.24, 2.45) is 0 Å². The van der Waals surface area contributed by atoms with Gasteiger partial charge in [0.05, 0.1) is 24.8 Å². The van der Waals surface area contributed by atoms with E-state index in [1.54, 1.807) is 12.1 Å². The van der Waals surface area contributed by atoms with Crippen molar-refractivity contribution in [3.8, 4) is 11.5 Å². The lowest BCUT2D eigenvalue weighted by Crippen LogP contribution is -2.30. The second-order valence-electron chi connectivity index (χ2n) is 6.88. The summed E-state index contributed by atoms with van der Waals surface area (Å²) in [6.45, 7) is 3.96. The summed E-state index contributed by atoms with van der Waals surface area (Å²) in [5.74, 6) is -0.0209. The number of benzene rings is 2. The zero-order chi connectivity index (χ0) is 21.8. The van der Waals surface area contributed by atoms with E-state index in [9.17, 15) is 14.0 Å².